The molecule has 5 atom stereocenters. The molecule has 2 aliphatic rings. The van der Waals surface area contributed by atoms with Crippen molar-refractivity contribution < 1.29 is 46.2 Å². The lowest BCUT2D eigenvalue weighted by atomic mass is 10.1. The number of nitrogen functional groups attached to an aromatic ring is 1. The summed E-state index contributed by atoms with van der Waals surface area (Å²) in [6, 6.07) is 16.5. The van der Waals surface area contributed by atoms with Gasteiger partial charge in [-0.1, -0.05) is 48.5 Å². The summed E-state index contributed by atoms with van der Waals surface area (Å²) in [5.74, 6) is -4.54. The predicted molar refractivity (Wildman–Crippen MR) is 158 cm³/mol. The van der Waals surface area contributed by atoms with Gasteiger partial charge in [0.05, 0.1) is 12.6 Å². The smallest absolute Gasteiger partial charge is 0.429 e. The molecule has 3 heterocycles. The number of likely N-dealkylation sites (tertiary alicyclic amines) is 1. The van der Waals surface area contributed by atoms with E-state index in [9.17, 15) is 18.9 Å². The molecular formula is C29H32F2N5O9P. The van der Waals surface area contributed by atoms with Crippen molar-refractivity contribution in [1.82, 2.24) is 19.5 Å². The number of aromatic nitrogens is 2. The largest absolute Gasteiger partial charge is 0.509 e. The Morgan fingerprint density at radius 2 is 1.83 bits per heavy atom. The average Bonchev–Trinajstić information content (AvgIpc) is 3.27. The number of hydrogen-bond acceptors (Lipinski definition) is 11. The Balaban J connectivity index is 1.40. The summed E-state index contributed by atoms with van der Waals surface area (Å²) in [4.78, 5) is 42.8. The van der Waals surface area contributed by atoms with Gasteiger partial charge in [-0.2, -0.15) is 18.9 Å². The number of likely N-dealkylation sites (N-methyl/N-ethyl adjacent to an activating group) is 1. The van der Waals surface area contributed by atoms with Gasteiger partial charge in [-0.05, 0) is 36.6 Å². The quantitative estimate of drug-likeness (QED) is 0.226. The second-order valence-electron chi connectivity index (χ2n) is 10.6. The molecule has 3 unspecified atom stereocenters. The van der Waals surface area contributed by atoms with Crippen LogP contribution in [0.15, 0.2) is 77.7 Å². The SMILES string of the molecule is CN1CCCC(NP(=O)(OC[C@H]2OC(n3ccc(N)nc3=O)C(F)(F)[C@@H]2OC(=O)OCc2ccccc2)Oc2ccccc2)C1=O. The zero-order valence-corrected chi connectivity index (χ0v) is 25.5. The Labute approximate surface area is 261 Å². The third-order valence-electron chi connectivity index (χ3n) is 7.23. The van der Waals surface area contributed by atoms with Crippen molar-refractivity contribution in [2.24, 2.45) is 0 Å². The third kappa shape index (κ3) is 7.70. The molecule has 5 rings (SSSR count). The van der Waals surface area contributed by atoms with Gasteiger partial charge in [0.15, 0.2) is 0 Å². The average molecular weight is 664 g/mol. The highest BCUT2D eigenvalue weighted by atomic mass is 31.2. The molecule has 2 aromatic carbocycles. The van der Waals surface area contributed by atoms with Gasteiger partial charge in [0, 0.05) is 19.8 Å². The van der Waals surface area contributed by atoms with Crippen LogP contribution in [0.4, 0.5) is 19.4 Å². The maximum atomic E-state index is 15.9. The second-order valence-corrected chi connectivity index (χ2v) is 12.3. The van der Waals surface area contributed by atoms with Crippen molar-refractivity contribution in [3.63, 3.8) is 0 Å². The van der Waals surface area contributed by atoms with E-state index >= 15 is 8.78 Å². The molecule has 3 N–H and O–H groups in total. The number of alkyl halides is 2. The van der Waals surface area contributed by atoms with Gasteiger partial charge in [-0.15, -0.1) is 0 Å². The van der Waals surface area contributed by atoms with Crippen molar-refractivity contribution >= 4 is 25.6 Å². The Morgan fingerprint density at radius 1 is 1.13 bits per heavy atom. The number of amides is 1. The molecule has 14 nitrogen and oxygen atoms in total. The van der Waals surface area contributed by atoms with Crippen molar-refractivity contribution in [2.45, 2.75) is 49.8 Å². The normalized spacial score (nSPS) is 23.8. The molecule has 46 heavy (non-hydrogen) atoms. The van der Waals surface area contributed by atoms with Crippen LogP contribution >= 0.6 is 7.75 Å². The summed E-state index contributed by atoms with van der Waals surface area (Å²) >= 11 is 0. The minimum atomic E-state index is -4.48. The van der Waals surface area contributed by atoms with Gasteiger partial charge in [0.25, 0.3) is 0 Å². The summed E-state index contributed by atoms with van der Waals surface area (Å²) < 4.78 is 73.3. The van der Waals surface area contributed by atoms with Crippen molar-refractivity contribution in [2.75, 3.05) is 25.9 Å². The first-order valence-electron chi connectivity index (χ1n) is 14.2. The highest BCUT2D eigenvalue weighted by Gasteiger charge is 2.63. The van der Waals surface area contributed by atoms with Crippen LogP contribution in [-0.2, 0) is 34.7 Å². The van der Waals surface area contributed by atoms with E-state index in [1.807, 2.05) is 0 Å². The number of nitrogens with zero attached hydrogens (tertiary/aromatic N) is 3. The van der Waals surface area contributed by atoms with Gasteiger partial charge >= 0.3 is 25.5 Å². The highest BCUT2D eigenvalue weighted by Crippen LogP contribution is 2.49. The minimum absolute atomic E-state index is 0.0993. The van der Waals surface area contributed by atoms with Gasteiger partial charge in [0.1, 0.15) is 24.3 Å². The number of piperidine rings is 1. The number of halogens is 2. The Morgan fingerprint density at radius 3 is 2.52 bits per heavy atom. The van der Waals surface area contributed by atoms with Crippen molar-refractivity contribution in [1.29, 1.82) is 0 Å². The molecule has 2 saturated heterocycles. The molecule has 246 valence electrons. The molecule has 17 heteroatoms. The number of nitrogens with one attached hydrogen (secondary N) is 1. The predicted octanol–water partition coefficient (Wildman–Crippen LogP) is 3.49. The first kappa shape index (κ1) is 33.0. The molecule has 0 saturated carbocycles. The maximum Gasteiger partial charge on any atom is 0.509 e. The molecule has 0 radical (unpaired) electrons. The first-order valence-corrected chi connectivity index (χ1v) is 15.8. The number of carbonyl (C=O) groups is 2. The van der Waals surface area contributed by atoms with Crippen LogP contribution in [0.5, 0.6) is 5.75 Å². The van der Waals surface area contributed by atoms with Gasteiger partial charge < -0.3 is 29.4 Å². The monoisotopic (exact) mass is 663 g/mol. The Kier molecular flexibility index (Phi) is 10.0. The number of rotatable bonds is 11. The highest BCUT2D eigenvalue weighted by molar-refractivity contribution is 7.52. The van der Waals surface area contributed by atoms with Crippen LogP contribution in [-0.4, -0.2) is 70.9 Å². The van der Waals surface area contributed by atoms with E-state index in [0.717, 1.165) is 12.3 Å². The summed E-state index contributed by atoms with van der Waals surface area (Å²) in [7, 11) is -2.90. The van der Waals surface area contributed by atoms with Crippen LogP contribution in [0.3, 0.4) is 0 Å². The van der Waals surface area contributed by atoms with Gasteiger partial charge in [0.2, 0.25) is 18.2 Å². The van der Waals surface area contributed by atoms with Crippen LogP contribution in [0, 0.1) is 0 Å². The molecular weight excluding hydrogens is 631 g/mol. The third-order valence-corrected chi connectivity index (χ3v) is 8.80. The topological polar surface area (TPSA) is 174 Å². The molecule has 2 fully saturated rings. The van der Waals surface area contributed by atoms with E-state index < -0.39 is 56.6 Å². The summed E-state index contributed by atoms with van der Waals surface area (Å²) in [6.45, 7) is -0.681. The zero-order valence-electron chi connectivity index (χ0n) is 24.6. The van der Waals surface area contributed by atoms with Crippen molar-refractivity contribution in [3.05, 3.63) is 89.0 Å². The van der Waals surface area contributed by atoms with Crippen LogP contribution in [0.25, 0.3) is 0 Å². The molecule has 3 aromatic rings. The van der Waals surface area contributed by atoms with E-state index in [4.69, 9.17) is 29.0 Å². The number of hydrogen-bond donors (Lipinski definition) is 2. The molecule has 0 spiro atoms. The van der Waals surface area contributed by atoms with E-state index in [1.54, 1.807) is 55.6 Å². The minimum Gasteiger partial charge on any atom is -0.429 e. The van der Waals surface area contributed by atoms with Crippen LogP contribution in [0.2, 0.25) is 0 Å². The molecule has 0 bridgehead atoms. The number of benzene rings is 2. The van der Waals surface area contributed by atoms with E-state index in [0.29, 0.717) is 29.5 Å². The second kappa shape index (κ2) is 14.0. The van der Waals surface area contributed by atoms with Gasteiger partial charge in [-0.25, -0.2) is 14.2 Å². The summed E-state index contributed by atoms with van der Waals surface area (Å²) in [5.41, 5.74) is 4.92. The van der Waals surface area contributed by atoms with E-state index in [2.05, 4.69) is 10.1 Å². The summed E-state index contributed by atoms with van der Waals surface area (Å²) in [5, 5.41) is 2.62. The van der Waals surface area contributed by atoms with E-state index in [1.165, 1.54) is 17.0 Å². The number of nitrogens with two attached hydrogens (primary N) is 1. The fourth-order valence-corrected chi connectivity index (χ4v) is 6.47. The van der Waals surface area contributed by atoms with Crippen LogP contribution in [0.1, 0.15) is 24.6 Å². The summed E-state index contributed by atoms with van der Waals surface area (Å²) in [6.07, 6.45) is -6.14. The zero-order chi connectivity index (χ0) is 32.9. The van der Waals surface area contributed by atoms with Crippen molar-refractivity contribution in [3.8, 4) is 5.75 Å². The Hall–Kier alpha value is -4.37. The Bertz CT molecular complexity index is 1630. The molecule has 0 aliphatic carbocycles. The lowest BCUT2D eigenvalue weighted by Gasteiger charge is -2.32. The lowest BCUT2D eigenvalue weighted by Crippen LogP contribution is -2.48. The fourth-order valence-electron chi connectivity index (χ4n) is 4.93. The van der Waals surface area contributed by atoms with E-state index in [-0.39, 0.29) is 24.1 Å². The number of anilines is 1. The lowest BCUT2D eigenvalue weighted by molar-refractivity contribution is -0.146. The molecule has 2 aliphatic heterocycles. The number of carbonyl (C=O) groups excluding carboxylic acids is 2. The fraction of sp³-hybridized carbons (Fsp3) is 0.379. The number of ether oxygens (including phenoxy) is 3. The van der Waals surface area contributed by atoms with Gasteiger partial charge in [-0.3, -0.25) is 13.9 Å². The molecule has 1 aromatic heterocycles. The standard InChI is InChI=1S/C29H32F2N5O9P/c1-35-15-8-13-21(25(35)37)34-46(40,45-20-11-6-3-7-12-20)42-18-22-24(44-28(39)41-17-19-9-4-2-5-10-19)29(30,31)26(43-22)36-16-14-23(32)33-27(36)38/h2-7,9-12,14,16,21-22,24,26H,8,13,15,17-18H2,1H3,(H,34,40)(H2,32,33,38)/t21?,22-,24-,26?,46?/m1/s1. The van der Waals surface area contributed by atoms with Crippen LogP contribution < -0.4 is 21.0 Å². The molecule has 1 amide bonds. The number of para-hydroxylation sites is 1. The first-order chi connectivity index (χ1) is 21.9. The maximum absolute atomic E-state index is 15.9.